The van der Waals surface area contributed by atoms with Gasteiger partial charge in [0, 0.05) is 35.7 Å². The number of carboxylic acid groups (broad SMARTS) is 1. The van der Waals surface area contributed by atoms with E-state index < -0.39 is 235 Å². The first-order valence-electron chi connectivity index (χ1n) is 33.3. The van der Waals surface area contributed by atoms with Gasteiger partial charge < -0.3 is 123 Å². The van der Waals surface area contributed by atoms with Gasteiger partial charge in [-0.2, -0.15) is 0 Å². The lowest BCUT2D eigenvalue weighted by molar-refractivity contribution is -0.406. The van der Waals surface area contributed by atoms with E-state index in [1.54, 1.807) is 19.9 Å². The number of allylic oxidation sites excluding steroid dienone is 1. The molecule has 10 rings (SSSR count). The van der Waals surface area contributed by atoms with Crippen LogP contribution in [0.2, 0.25) is 0 Å². The Balaban J connectivity index is 1.00. The Morgan fingerprint density at radius 2 is 1.14 bits per heavy atom. The lowest BCUT2D eigenvalue weighted by Crippen LogP contribution is -2.77. The first-order valence-corrected chi connectivity index (χ1v) is 33.3. The number of rotatable bonds is 17. The molecule has 0 radical (unpaired) electrons. The Labute approximate surface area is 546 Å². The number of hydrogen-bond acceptors (Lipinski definition) is 28. The number of fused-ring (bicyclic) bond motifs is 4. The van der Waals surface area contributed by atoms with Gasteiger partial charge in [-0.25, -0.2) is 9.59 Å². The summed E-state index contributed by atoms with van der Waals surface area (Å²) in [4.78, 5) is 54.7. The Morgan fingerprint density at radius 3 is 1.74 bits per heavy atom. The zero-order chi connectivity index (χ0) is 69.2. The highest BCUT2D eigenvalue weighted by Crippen LogP contribution is 2.82. The monoisotopic (exact) mass is 1350 g/mol. The molecule has 1 spiro atoms. The maximum absolute atomic E-state index is 14.1. The van der Waals surface area contributed by atoms with Crippen LogP contribution >= 0.6 is 0 Å². The number of esters is 3. The van der Waals surface area contributed by atoms with E-state index in [2.05, 4.69) is 20.8 Å². The summed E-state index contributed by atoms with van der Waals surface area (Å²) in [5.41, 5.74) is -6.21. The van der Waals surface area contributed by atoms with Crippen LogP contribution in [0.4, 0.5) is 0 Å². The summed E-state index contributed by atoms with van der Waals surface area (Å²) >= 11 is 0. The Bertz CT molecular complexity index is 2780. The first kappa shape index (κ1) is 73.5. The molecule has 29 nitrogen and oxygen atoms in total. The van der Waals surface area contributed by atoms with Crippen LogP contribution in [-0.2, 0) is 76.0 Å². The summed E-state index contributed by atoms with van der Waals surface area (Å²) in [6.45, 7) is 20.5. The maximum atomic E-state index is 14.1. The predicted molar refractivity (Wildman–Crippen MR) is 317 cm³/mol. The van der Waals surface area contributed by atoms with E-state index in [1.165, 1.54) is 13.8 Å². The van der Waals surface area contributed by atoms with Crippen LogP contribution in [0.1, 0.15) is 147 Å². The second kappa shape index (κ2) is 26.7. The van der Waals surface area contributed by atoms with Crippen LogP contribution in [-0.4, -0.2) is 263 Å². The minimum absolute atomic E-state index is 0.0538. The number of ether oxygens (including phenoxy) is 12. The lowest BCUT2D eigenvalue weighted by Gasteiger charge is -2.75. The second-order valence-corrected chi connectivity index (χ2v) is 30.4. The van der Waals surface area contributed by atoms with E-state index >= 15 is 0 Å². The fourth-order valence-corrected chi connectivity index (χ4v) is 19.6. The molecule has 5 aliphatic carbocycles. The number of hydrogen-bond donors (Lipinski definition) is 13. The van der Waals surface area contributed by atoms with Gasteiger partial charge in [0.05, 0.1) is 31.0 Å². The molecule has 0 aromatic rings. The van der Waals surface area contributed by atoms with E-state index in [9.17, 15) is 85.6 Å². The van der Waals surface area contributed by atoms with Crippen molar-refractivity contribution in [2.45, 2.75) is 306 Å². The molecule has 536 valence electrons. The summed E-state index contributed by atoms with van der Waals surface area (Å²) in [5.74, 6) is -4.48. The first-order chi connectivity index (χ1) is 43.9. The van der Waals surface area contributed by atoms with Gasteiger partial charge in [-0.1, -0.05) is 61.5 Å². The van der Waals surface area contributed by atoms with Gasteiger partial charge in [0.1, 0.15) is 103 Å². The van der Waals surface area contributed by atoms with Crippen molar-refractivity contribution in [3.8, 4) is 0 Å². The molecule has 0 amide bonds. The van der Waals surface area contributed by atoms with Crippen LogP contribution in [0.25, 0.3) is 0 Å². The van der Waals surface area contributed by atoms with Crippen LogP contribution in [0.5, 0.6) is 0 Å². The fraction of sp³-hybridized carbons (Fsp3) is 0.908. The SMILES string of the molecule is C/C=C(\C)C(=O)O[C@H]1[C@H](OC(C)=O)C(C)(C)C[C@@H]2[C@@]13[C@H](O)O[C@]21CC[C@@H]2[C@]4(C)CC[C@@H](O[C@@H]5O[C@H](C(=O)O)[C@@H](O)[C@@H](O[C@H]6O[C@H](CO)[C@H](O)[C@@H](O)[C@@H]6O[C@H]6O[C@@H](C)[C@@H](O)[C@H](O)[C@@H]6O)[C@H]5O[C@H]5O[C@H](CO)[C@@H](O)[C@H](O)[C@@H]5O)C(C)(C)[C@@H]4CC[C@]2(C)[C@@]1(C)C[C@H]3OC(=O)CCC. The summed E-state index contributed by atoms with van der Waals surface area (Å²) in [6.07, 6.45) is -39.0. The Hall–Kier alpha value is -3.22. The van der Waals surface area contributed by atoms with Gasteiger partial charge in [0.25, 0.3) is 0 Å². The third-order valence-electron chi connectivity index (χ3n) is 24.7. The highest BCUT2D eigenvalue weighted by atomic mass is 16.8. The smallest absolute Gasteiger partial charge is 0.335 e. The van der Waals surface area contributed by atoms with Crippen LogP contribution in [0.15, 0.2) is 11.6 Å². The van der Waals surface area contributed by atoms with Crippen molar-refractivity contribution in [2.24, 2.45) is 50.2 Å². The van der Waals surface area contributed by atoms with Gasteiger partial charge in [-0.05, 0) is 107 Å². The molecule has 94 heavy (non-hydrogen) atoms. The third kappa shape index (κ3) is 11.6. The topological polar surface area (TPSA) is 442 Å². The van der Waals surface area contributed by atoms with Gasteiger partial charge in [0.2, 0.25) is 0 Å². The lowest BCUT2D eigenvalue weighted by atomic mass is 9.30. The number of aliphatic hydroxyl groups excluding tert-OH is 12. The molecule has 5 heterocycles. The highest BCUT2D eigenvalue weighted by Gasteiger charge is 2.86. The van der Waals surface area contributed by atoms with Crippen molar-refractivity contribution in [3.63, 3.8) is 0 Å². The number of aliphatic carboxylic acids is 1. The molecular formula is C65H102O29. The molecule has 5 aliphatic heterocycles. The standard InChI is InChI=1S/C65H102O29/c1-13-15-36(69)87-35-23-63(12)62(11)20-16-31-60(8,9)34(18-19-61(31,10)32(62)17-21-64(63)33-22-59(6,7)50(84-28(5)68)51(65(33,35)58(82)94-64)93-53(81)26(3)14-2)88-57-49(92-55-44(77)41(74)38(71)29(24-66)85-55)46(45(78)47(90-57)52(79)80)89-56-48(42(75)39(72)30(25-67)86-56)91-54-43(76)40(73)37(70)27(4)83-54/h14,27,29-35,37-51,54-58,66-67,70-78,82H,13,15-25H2,1-12H3,(H,79,80)/b26-14+/t27-,29+,30+,31-,32+,33-,34+,35+,37+,38+,39-,40-,41-,42+,43-,44-,45-,46+,47-,48-,49+,50-,51-,54+,55+,56+,57+,58+,61+,62-,63+,64+,65-/m0/s1. The van der Waals surface area contributed by atoms with Gasteiger partial charge >= 0.3 is 23.9 Å². The molecule has 0 aromatic carbocycles. The largest absolute Gasteiger partial charge is 0.479 e. The maximum Gasteiger partial charge on any atom is 0.335 e. The predicted octanol–water partition coefficient (Wildman–Crippen LogP) is -0.532. The average Bonchev–Trinajstić information content (AvgIpc) is 1.37. The van der Waals surface area contributed by atoms with Gasteiger partial charge in [-0.15, -0.1) is 0 Å². The molecule has 0 aromatic heterocycles. The fourth-order valence-electron chi connectivity index (χ4n) is 19.6. The Morgan fingerprint density at radius 1 is 0.564 bits per heavy atom. The number of carbonyl (C=O) groups excluding carboxylic acids is 3. The minimum atomic E-state index is -2.31. The molecule has 13 N–H and O–H groups in total. The number of carboxylic acids is 1. The van der Waals surface area contributed by atoms with Crippen molar-refractivity contribution in [1.82, 2.24) is 0 Å². The molecule has 5 saturated carbocycles. The number of aliphatic hydroxyl groups is 12. The third-order valence-corrected chi connectivity index (χ3v) is 24.7. The highest BCUT2D eigenvalue weighted by molar-refractivity contribution is 5.88. The summed E-state index contributed by atoms with van der Waals surface area (Å²) < 4.78 is 76.0. The molecule has 33 atom stereocenters. The van der Waals surface area contributed by atoms with Crippen molar-refractivity contribution in [1.29, 1.82) is 0 Å². The van der Waals surface area contributed by atoms with E-state index in [0.29, 0.717) is 44.9 Å². The van der Waals surface area contributed by atoms with Gasteiger partial charge in [-0.3, -0.25) is 9.59 Å². The normalized spacial score (nSPS) is 51.2. The Kier molecular flexibility index (Phi) is 20.9. The minimum Gasteiger partial charge on any atom is -0.479 e. The summed E-state index contributed by atoms with van der Waals surface area (Å²) in [7, 11) is 0. The summed E-state index contributed by atoms with van der Waals surface area (Å²) in [5, 5.41) is 145. The van der Waals surface area contributed by atoms with Crippen molar-refractivity contribution < 1.29 is 142 Å². The molecular weight excluding hydrogens is 1240 g/mol. The zero-order valence-corrected chi connectivity index (χ0v) is 55.6. The van der Waals surface area contributed by atoms with E-state index in [4.69, 9.17) is 56.8 Å². The molecule has 10 fully saturated rings. The van der Waals surface area contributed by atoms with Crippen LogP contribution in [0.3, 0.4) is 0 Å². The van der Waals surface area contributed by atoms with E-state index in [1.807, 2.05) is 34.6 Å². The molecule has 2 bridgehead atoms. The molecule has 0 unspecified atom stereocenters. The van der Waals surface area contributed by atoms with E-state index in [0.717, 1.165) is 0 Å². The molecule has 29 heteroatoms. The van der Waals surface area contributed by atoms with E-state index in [-0.39, 0.29) is 36.7 Å². The van der Waals surface area contributed by atoms with Crippen LogP contribution < -0.4 is 0 Å². The molecule has 10 aliphatic rings. The zero-order valence-electron chi connectivity index (χ0n) is 55.6. The summed E-state index contributed by atoms with van der Waals surface area (Å²) in [6, 6.07) is 0. The van der Waals surface area contributed by atoms with Crippen molar-refractivity contribution in [3.05, 3.63) is 11.6 Å². The quantitative estimate of drug-likeness (QED) is 0.0377. The average molecular weight is 1350 g/mol. The van der Waals surface area contributed by atoms with Crippen LogP contribution in [0, 0.1) is 50.2 Å². The van der Waals surface area contributed by atoms with Crippen molar-refractivity contribution in [2.75, 3.05) is 13.2 Å². The number of carbonyl (C=O) groups is 4. The van der Waals surface area contributed by atoms with Gasteiger partial charge in [0.15, 0.2) is 43.7 Å². The van der Waals surface area contributed by atoms with Crippen molar-refractivity contribution >= 4 is 23.9 Å². The second-order valence-electron chi connectivity index (χ2n) is 30.4. The molecule has 5 saturated heterocycles.